The number of nitrogen functional groups attached to an aromatic ring is 1. The lowest BCUT2D eigenvalue weighted by molar-refractivity contribution is -0.132. The quantitative estimate of drug-likeness (QED) is 0.796. The summed E-state index contributed by atoms with van der Waals surface area (Å²) in [5, 5.41) is 4.04. The van der Waals surface area contributed by atoms with Crippen LogP contribution in [-0.2, 0) is 11.3 Å². The van der Waals surface area contributed by atoms with Crippen LogP contribution in [0.25, 0.3) is 0 Å². The normalized spacial score (nSPS) is 10.7. The standard InChI is InChI=1S/C10H18N4O/c1-7(2)13(4)9(15)6-14-5-8(3)10(11)12-14/h5,7H,6H2,1-4H3,(H2,11,12). The fourth-order valence-corrected chi connectivity index (χ4v) is 1.15. The minimum absolute atomic E-state index is 0.0347. The maximum Gasteiger partial charge on any atom is 0.244 e. The second-order valence-corrected chi connectivity index (χ2v) is 3.99. The van der Waals surface area contributed by atoms with Gasteiger partial charge in [0.15, 0.2) is 0 Å². The summed E-state index contributed by atoms with van der Waals surface area (Å²) in [4.78, 5) is 13.4. The van der Waals surface area contributed by atoms with Crippen molar-refractivity contribution in [2.75, 3.05) is 12.8 Å². The van der Waals surface area contributed by atoms with Crippen LogP contribution in [0.15, 0.2) is 6.20 Å². The lowest BCUT2D eigenvalue weighted by atomic mass is 10.3. The lowest BCUT2D eigenvalue weighted by Crippen LogP contribution is -2.35. The molecule has 0 saturated heterocycles. The van der Waals surface area contributed by atoms with Gasteiger partial charge in [-0.3, -0.25) is 9.48 Å². The minimum atomic E-state index is 0.0347. The van der Waals surface area contributed by atoms with E-state index in [4.69, 9.17) is 5.73 Å². The maximum atomic E-state index is 11.7. The zero-order valence-corrected chi connectivity index (χ0v) is 9.69. The van der Waals surface area contributed by atoms with E-state index in [1.54, 1.807) is 22.8 Å². The van der Waals surface area contributed by atoms with E-state index in [9.17, 15) is 4.79 Å². The average Bonchev–Trinajstić information content (AvgIpc) is 2.44. The zero-order valence-electron chi connectivity index (χ0n) is 9.69. The van der Waals surface area contributed by atoms with Gasteiger partial charge in [-0.05, 0) is 20.8 Å². The highest BCUT2D eigenvalue weighted by Gasteiger charge is 2.13. The predicted molar refractivity (Wildman–Crippen MR) is 59.3 cm³/mol. The Labute approximate surface area is 89.9 Å². The van der Waals surface area contributed by atoms with Gasteiger partial charge in [-0.25, -0.2) is 0 Å². The van der Waals surface area contributed by atoms with Gasteiger partial charge in [-0.15, -0.1) is 0 Å². The van der Waals surface area contributed by atoms with Crippen molar-refractivity contribution in [2.24, 2.45) is 0 Å². The summed E-state index contributed by atoms with van der Waals surface area (Å²) in [6.45, 7) is 6.06. The number of hydrogen-bond acceptors (Lipinski definition) is 3. The second-order valence-electron chi connectivity index (χ2n) is 3.99. The molecule has 0 atom stereocenters. The first-order valence-corrected chi connectivity index (χ1v) is 4.97. The van der Waals surface area contributed by atoms with Crippen LogP contribution in [0.1, 0.15) is 19.4 Å². The molecule has 0 spiro atoms. The Morgan fingerprint density at radius 1 is 1.67 bits per heavy atom. The van der Waals surface area contributed by atoms with Gasteiger partial charge in [0.05, 0.1) is 0 Å². The van der Waals surface area contributed by atoms with Crippen molar-refractivity contribution >= 4 is 11.7 Å². The summed E-state index contributed by atoms with van der Waals surface area (Å²) in [7, 11) is 1.78. The van der Waals surface area contributed by atoms with Crippen molar-refractivity contribution in [1.29, 1.82) is 0 Å². The van der Waals surface area contributed by atoms with Crippen molar-refractivity contribution in [2.45, 2.75) is 33.4 Å². The number of carbonyl (C=O) groups is 1. The summed E-state index contributed by atoms with van der Waals surface area (Å²) < 4.78 is 1.58. The van der Waals surface area contributed by atoms with Crippen molar-refractivity contribution in [3.63, 3.8) is 0 Å². The zero-order chi connectivity index (χ0) is 11.6. The Balaban J connectivity index is 2.66. The SMILES string of the molecule is Cc1cn(CC(=O)N(C)C(C)C)nc1N. The molecule has 2 N–H and O–H groups in total. The molecule has 0 bridgehead atoms. The lowest BCUT2D eigenvalue weighted by Gasteiger charge is -2.21. The van der Waals surface area contributed by atoms with Crippen molar-refractivity contribution < 1.29 is 4.79 Å². The Hall–Kier alpha value is -1.52. The summed E-state index contributed by atoms with van der Waals surface area (Å²) in [5.41, 5.74) is 6.49. The Kier molecular flexibility index (Phi) is 3.34. The van der Waals surface area contributed by atoms with Crippen molar-refractivity contribution in [1.82, 2.24) is 14.7 Å². The topological polar surface area (TPSA) is 64.2 Å². The monoisotopic (exact) mass is 210 g/mol. The molecule has 1 amide bonds. The van der Waals surface area contributed by atoms with E-state index in [-0.39, 0.29) is 18.5 Å². The summed E-state index contributed by atoms with van der Waals surface area (Å²) in [6.07, 6.45) is 1.78. The number of aromatic nitrogens is 2. The van der Waals surface area contributed by atoms with Gasteiger partial charge in [0, 0.05) is 24.8 Å². The molecule has 84 valence electrons. The number of carbonyl (C=O) groups excluding carboxylic acids is 1. The first-order valence-electron chi connectivity index (χ1n) is 4.97. The fraction of sp³-hybridized carbons (Fsp3) is 0.600. The number of rotatable bonds is 3. The van der Waals surface area contributed by atoms with Gasteiger partial charge in [0.2, 0.25) is 5.91 Å². The summed E-state index contributed by atoms with van der Waals surface area (Å²) in [5.74, 6) is 0.516. The molecule has 0 saturated carbocycles. The summed E-state index contributed by atoms with van der Waals surface area (Å²) >= 11 is 0. The van der Waals surface area contributed by atoms with Crippen molar-refractivity contribution in [3.05, 3.63) is 11.8 Å². The molecule has 0 aliphatic rings. The molecular formula is C10H18N4O. The third-order valence-electron chi connectivity index (χ3n) is 2.45. The van der Waals surface area contributed by atoms with Crippen LogP contribution in [0.2, 0.25) is 0 Å². The van der Waals surface area contributed by atoms with E-state index in [1.807, 2.05) is 20.8 Å². The van der Waals surface area contributed by atoms with Crippen LogP contribution in [0.3, 0.4) is 0 Å². The molecule has 5 nitrogen and oxygen atoms in total. The van der Waals surface area contributed by atoms with E-state index < -0.39 is 0 Å². The molecular weight excluding hydrogens is 192 g/mol. The van der Waals surface area contributed by atoms with Crippen molar-refractivity contribution in [3.8, 4) is 0 Å². The predicted octanol–water partition coefficient (Wildman–Crippen LogP) is 0.641. The van der Waals surface area contributed by atoms with E-state index in [2.05, 4.69) is 5.10 Å². The molecule has 0 aliphatic carbocycles. The molecule has 0 radical (unpaired) electrons. The number of nitrogens with two attached hydrogens (primary N) is 1. The van der Waals surface area contributed by atoms with E-state index in [1.165, 1.54) is 0 Å². The van der Waals surface area contributed by atoms with Crippen LogP contribution in [0, 0.1) is 6.92 Å². The number of anilines is 1. The van der Waals surface area contributed by atoms with Crippen LogP contribution in [0.4, 0.5) is 5.82 Å². The van der Waals surface area contributed by atoms with E-state index in [0.29, 0.717) is 5.82 Å². The Morgan fingerprint density at radius 2 is 2.27 bits per heavy atom. The van der Waals surface area contributed by atoms with Crippen LogP contribution < -0.4 is 5.73 Å². The maximum absolute atomic E-state index is 11.7. The van der Waals surface area contributed by atoms with Crippen LogP contribution in [0.5, 0.6) is 0 Å². The molecule has 1 aromatic heterocycles. The number of nitrogens with zero attached hydrogens (tertiary/aromatic N) is 3. The fourth-order valence-electron chi connectivity index (χ4n) is 1.15. The van der Waals surface area contributed by atoms with Crippen LogP contribution >= 0.6 is 0 Å². The number of aryl methyl sites for hydroxylation is 1. The van der Waals surface area contributed by atoms with E-state index in [0.717, 1.165) is 5.56 Å². The van der Waals surface area contributed by atoms with Gasteiger partial charge in [-0.1, -0.05) is 0 Å². The highest BCUT2D eigenvalue weighted by molar-refractivity contribution is 5.75. The molecule has 5 heteroatoms. The third kappa shape index (κ3) is 2.71. The number of likely N-dealkylation sites (N-methyl/N-ethyl adjacent to an activating group) is 1. The molecule has 0 aliphatic heterocycles. The van der Waals surface area contributed by atoms with Gasteiger partial charge in [-0.2, -0.15) is 5.10 Å². The first-order chi connectivity index (χ1) is 6.91. The molecule has 0 aromatic carbocycles. The Bertz CT molecular complexity index is 337. The molecule has 0 unspecified atom stereocenters. The van der Waals surface area contributed by atoms with Gasteiger partial charge < -0.3 is 10.6 Å². The largest absolute Gasteiger partial charge is 0.382 e. The van der Waals surface area contributed by atoms with Gasteiger partial charge >= 0.3 is 0 Å². The second kappa shape index (κ2) is 4.33. The average molecular weight is 210 g/mol. The van der Waals surface area contributed by atoms with E-state index >= 15 is 0 Å². The first kappa shape index (κ1) is 11.6. The molecule has 15 heavy (non-hydrogen) atoms. The number of amides is 1. The molecule has 1 heterocycles. The molecule has 1 rings (SSSR count). The Morgan fingerprint density at radius 3 is 2.67 bits per heavy atom. The highest BCUT2D eigenvalue weighted by Crippen LogP contribution is 2.06. The molecule has 1 aromatic rings. The summed E-state index contributed by atoms with van der Waals surface area (Å²) in [6, 6.07) is 0.200. The molecule has 0 fully saturated rings. The third-order valence-corrected chi connectivity index (χ3v) is 2.45. The van der Waals surface area contributed by atoms with Gasteiger partial charge in [0.25, 0.3) is 0 Å². The number of hydrogen-bond donors (Lipinski definition) is 1. The highest BCUT2D eigenvalue weighted by atomic mass is 16.2. The van der Waals surface area contributed by atoms with Crippen LogP contribution in [-0.4, -0.2) is 33.7 Å². The minimum Gasteiger partial charge on any atom is -0.382 e. The van der Waals surface area contributed by atoms with Gasteiger partial charge in [0.1, 0.15) is 12.4 Å². The smallest absolute Gasteiger partial charge is 0.244 e.